The van der Waals surface area contributed by atoms with Crippen LogP contribution in [-0.4, -0.2) is 16.9 Å². The molecule has 0 atom stereocenters. The quantitative estimate of drug-likeness (QED) is 0.374. The Morgan fingerprint density at radius 1 is 1.13 bits per heavy atom. The van der Waals surface area contributed by atoms with Crippen LogP contribution in [0.2, 0.25) is 0 Å². The Kier molecular flexibility index (Phi) is 4.89. The van der Waals surface area contributed by atoms with Gasteiger partial charge < -0.3 is 9.68 Å². The van der Waals surface area contributed by atoms with E-state index in [0.29, 0.717) is 0 Å². The lowest BCUT2D eigenvalue weighted by molar-refractivity contribution is -0.266. The Morgan fingerprint density at radius 3 is 1.67 bits per heavy atom. The molecule has 8 nitrogen and oxygen atoms in total. The van der Waals surface area contributed by atoms with Crippen molar-refractivity contribution < 1.29 is 23.8 Å². The first-order valence-electron chi connectivity index (χ1n) is 3.47. The zero-order valence-electron chi connectivity index (χ0n) is 7.66. The molecular weight excluding hydrogens is 225 g/mol. The third kappa shape index (κ3) is 5.08. The summed E-state index contributed by atoms with van der Waals surface area (Å²) < 4.78 is 11.1. The lowest BCUT2D eigenvalue weighted by Crippen LogP contribution is -2.32. The van der Waals surface area contributed by atoms with Crippen molar-refractivity contribution in [2.24, 2.45) is 11.0 Å². The standard InChI is InChI=1S/C6H10N3O5P/c1-3-5(10)13-9(15(7,8)12)14-6(11)4-2/h3-4H,1-2H2,(H4,7,8,12). The van der Waals surface area contributed by atoms with Gasteiger partial charge in [-0.1, -0.05) is 13.2 Å². The molecule has 0 aliphatic rings. The van der Waals surface area contributed by atoms with Crippen LogP contribution in [0.1, 0.15) is 0 Å². The van der Waals surface area contributed by atoms with Crippen molar-refractivity contribution in [1.82, 2.24) is 5.00 Å². The number of nitrogens with zero attached hydrogens (tertiary/aromatic N) is 1. The molecule has 0 aromatic rings. The Hall–Kier alpha value is -1.47. The molecule has 0 aromatic heterocycles. The first kappa shape index (κ1) is 13.5. The van der Waals surface area contributed by atoms with Crippen LogP contribution in [0, 0.1) is 0 Å². The number of hydrogen-bond acceptors (Lipinski definition) is 5. The highest BCUT2D eigenvalue weighted by Gasteiger charge is 2.29. The molecule has 0 fully saturated rings. The van der Waals surface area contributed by atoms with Crippen molar-refractivity contribution in [3.63, 3.8) is 0 Å². The molecule has 0 spiro atoms. The average Bonchev–Trinajstić information content (AvgIpc) is 2.14. The highest BCUT2D eigenvalue weighted by Crippen LogP contribution is 2.32. The fourth-order valence-electron chi connectivity index (χ4n) is 0.375. The summed E-state index contributed by atoms with van der Waals surface area (Å²) in [7, 11) is -4.06. The fraction of sp³-hybridized carbons (Fsp3) is 0. The summed E-state index contributed by atoms with van der Waals surface area (Å²) >= 11 is 0. The minimum atomic E-state index is -4.06. The van der Waals surface area contributed by atoms with Crippen LogP contribution >= 0.6 is 7.59 Å². The van der Waals surface area contributed by atoms with E-state index in [1.54, 1.807) is 0 Å². The van der Waals surface area contributed by atoms with Gasteiger partial charge in [-0.05, 0) is 0 Å². The molecule has 84 valence electrons. The normalized spacial score (nSPS) is 10.6. The maximum atomic E-state index is 11.1. The van der Waals surface area contributed by atoms with E-state index < -0.39 is 19.5 Å². The molecule has 0 aliphatic carbocycles. The highest BCUT2D eigenvalue weighted by molar-refractivity contribution is 7.56. The molecule has 0 heterocycles. The van der Waals surface area contributed by atoms with Gasteiger partial charge in [-0.15, -0.1) is 0 Å². The second-order valence-electron chi connectivity index (χ2n) is 2.14. The van der Waals surface area contributed by atoms with E-state index in [2.05, 4.69) is 22.8 Å². The predicted octanol–water partition coefficient (Wildman–Crippen LogP) is -0.398. The van der Waals surface area contributed by atoms with Crippen molar-refractivity contribution in [3.8, 4) is 0 Å². The number of rotatable bonds is 5. The molecule has 0 amide bonds. The van der Waals surface area contributed by atoms with Gasteiger partial charge in [-0.3, -0.25) is 15.6 Å². The van der Waals surface area contributed by atoms with Crippen LogP contribution in [-0.2, 0) is 23.8 Å². The van der Waals surface area contributed by atoms with Crippen molar-refractivity contribution in [2.45, 2.75) is 0 Å². The summed E-state index contributed by atoms with van der Waals surface area (Å²) in [5.74, 6) is -2.08. The zero-order valence-corrected chi connectivity index (χ0v) is 8.55. The van der Waals surface area contributed by atoms with E-state index in [9.17, 15) is 14.2 Å². The topological polar surface area (TPSA) is 125 Å². The summed E-state index contributed by atoms with van der Waals surface area (Å²) in [5, 5.41) is 0. The SMILES string of the molecule is C=CC(=O)ON(OC(=O)C=C)P(N)(N)=O. The second kappa shape index (κ2) is 5.42. The number of nitrogens with two attached hydrogens (primary N) is 2. The Balaban J connectivity index is 4.67. The fourth-order valence-corrected chi connectivity index (χ4v) is 0.791. The molecule has 0 saturated carbocycles. The van der Waals surface area contributed by atoms with E-state index in [0.717, 1.165) is 12.2 Å². The first-order chi connectivity index (χ1) is 6.81. The van der Waals surface area contributed by atoms with E-state index in [1.807, 2.05) is 0 Å². The Morgan fingerprint density at radius 2 is 1.47 bits per heavy atom. The number of carbonyl (C=O) groups is 2. The molecule has 9 heteroatoms. The summed E-state index contributed by atoms with van der Waals surface area (Å²) in [6.07, 6.45) is 1.48. The van der Waals surface area contributed by atoms with Gasteiger partial charge in [0.15, 0.2) is 0 Å². The zero-order chi connectivity index (χ0) is 12.1. The molecule has 0 rings (SSSR count). The lowest BCUT2D eigenvalue weighted by Gasteiger charge is -2.19. The number of carbonyl (C=O) groups excluding carboxylic acids is 2. The van der Waals surface area contributed by atoms with Gasteiger partial charge in [0.2, 0.25) is 0 Å². The van der Waals surface area contributed by atoms with Crippen LogP contribution in [0.4, 0.5) is 0 Å². The molecule has 0 saturated heterocycles. The third-order valence-electron chi connectivity index (χ3n) is 0.925. The minimum Gasteiger partial charge on any atom is -0.320 e. The van der Waals surface area contributed by atoms with E-state index in [4.69, 9.17) is 11.0 Å². The van der Waals surface area contributed by atoms with Crippen LogP contribution in [0.15, 0.2) is 25.3 Å². The number of hydrogen-bond donors (Lipinski definition) is 2. The molecule has 4 N–H and O–H groups in total. The van der Waals surface area contributed by atoms with Gasteiger partial charge in [0.05, 0.1) is 0 Å². The van der Waals surface area contributed by atoms with Crippen LogP contribution < -0.4 is 11.0 Å². The highest BCUT2D eigenvalue weighted by atomic mass is 31.2. The van der Waals surface area contributed by atoms with Gasteiger partial charge in [-0.2, -0.15) is 0 Å². The first-order valence-corrected chi connectivity index (χ1v) is 5.27. The molecule has 0 radical (unpaired) electrons. The summed E-state index contributed by atoms with van der Waals surface area (Å²) in [6.45, 7) is 6.12. The van der Waals surface area contributed by atoms with Crippen LogP contribution in [0.5, 0.6) is 0 Å². The predicted molar refractivity (Wildman–Crippen MR) is 50.4 cm³/mol. The Labute approximate surface area is 85.5 Å². The maximum Gasteiger partial charge on any atom is 0.353 e. The van der Waals surface area contributed by atoms with Crippen molar-refractivity contribution in [2.75, 3.05) is 0 Å². The van der Waals surface area contributed by atoms with Crippen molar-refractivity contribution in [3.05, 3.63) is 25.3 Å². The van der Waals surface area contributed by atoms with Gasteiger partial charge in [-0.25, -0.2) is 9.59 Å². The third-order valence-corrected chi connectivity index (χ3v) is 1.60. The lowest BCUT2D eigenvalue weighted by atomic mass is 10.7. The van der Waals surface area contributed by atoms with Crippen molar-refractivity contribution in [1.29, 1.82) is 0 Å². The van der Waals surface area contributed by atoms with Crippen LogP contribution in [0.25, 0.3) is 0 Å². The minimum absolute atomic E-state index is 0.0823. The largest absolute Gasteiger partial charge is 0.353 e. The monoisotopic (exact) mass is 235 g/mol. The van der Waals surface area contributed by atoms with Gasteiger partial charge in [0.25, 0.3) is 0 Å². The maximum absolute atomic E-state index is 11.1. The molecule has 15 heavy (non-hydrogen) atoms. The summed E-state index contributed by atoms with van der Waals surface area (Å²) in [5.41, 5.74) is 9.84. The smallest absolute Gasteiger partial charge is 0.320 e. The van der Waals surface area contributed by atoms with Gasteiger partial charge >= 0.3 is 19.5 Å². The van der Waals surface area contributed by atoms with Crippen molar-refractivity contribution >= 4 is 19.5 Å². The van der Waals surface area contributed by atoms with E-state index in [1.165, 1.54) is 0 Å². The van der Waals surface area contributed by atoms with Crippen LogP contribution in [0.3, 0.4) is 0 Å². The van der Waals surface area contributed by atoms with E-state index in [-0.39, 0.29) is 5.00 Å². The molecule has 0 unspecified atom stereocenters. The molecule has 0 bridgehead atoms. The summed E-state index contributed by atoms with van der Waals surface area (Å²) in [6, 6.07) is 0. The van der Waals surface area contributed by atoms with Gasteiger partial charge in [0, 0.05) is 12.2 Å². The molecule has 0 aliphatic heterocycles. The summed E-state index contributed by atoms with van der Waals surface area (Å²) in [4.78, 5) is 29.8. The molecule has 0 aromatic carbocycles. The molecular formula is C6H10N3O5P. The second-order valence-corrected chi connectivity index (χ2v) is 3.81. The van der Waals surface area contributed by atoms with Gasteiger partial charge in [0.1, 0.15) is 5.00 Å². The average molecular weight is 235 g/mol. The Bertz CT molecular complexity index is 314. The van der Waals surface area contributed by atoms with E-state index >= 15 is 0 Å².